The van der Waals surface area contributed by atoms with Crippen molar-refractivity contribution >= 4 is 40.3 Å². The highest BCUT2D eigenvalue weighted by atomic mass is 16.7. The molecule has 2 aromatic carbocycles. The van der Waals surface area contributed by atoms with Crippen LogP contribution in [0.15, 0.2) is 41.2 Å². The summed E-state index contributed by atoms with van der Waals surface area (Å²) in [5.41, 5.74) is -0.677. The van der Waals surface area contributed by atoms with Gasteiger partial charge in [-0.15, -0.1) is 0 Å². The first kappa shape index (κ1) is 40.6. The van der Waals surface area contributed by atoms with Crippen LogP contribution in [0.2, 0.25) is 0 Å². The highest BCUT2D eigenvalue weighted by Crippen LogP contribution is 2.55. The number of Topliss-reactive ketones (excluding diaryl/α,β-unsaturated/α-hetero) is 1. The first-order chi connectivity index (χ1) is 24.8. The molecule has 0 fully saturated rings. The third-order valence-corrected chi connectivity index (χ3v) is 10.2. The number of aromatic hydroxyl groups is 3. The molecule has 53 heavy (non-hydrogen) atoms. The van der Waals surface area contributed by atoms with E-state index < -0.39 is 88.8 Å². The normalized spacial score (nSPS) is 32.2. The number of phenols is 3. The summed E-state index contributed by atoms with van der Waals surface area (Å²) in [6, 6.07) is 0. The molecule has 15 heteroatoms. The Balaban J connectivity index is 1.95. The fourth-order valence-electron chi connectivity index (χ4n) is 6.95. The number of amides is 1. The summed E-state index contributed by atoms with van der Waals surface area (Å²) in [5, 5.41) is 62.5. The minimum absolute atomic E-state index is 0.0294. The van der Waals surface area contributed by atoms with Crippen molar-refractivity contribution in [2.45, 2.75) is 85.6 Å². The molecule has 5 rings (SSSR count). The summed E-state index contributed by atoms with van der Waals surface area (Å²) in [7, 11) is 1.42. The smallest absolute Gasteiger partial charge is 0.312 e. The Labute approximate surface area is 307 Å². The summed E-state index contributed by atoms with van der Waals surface area (Å²) >= 11 is 0. The van der Waals surface area contributed by atoms with Gasteiger partial charge in [0.1, 0.15) is 23.4 Å². The molecule has 15 nitrogen and oxygen atoms in total. The van der Waals surface area contributed by atoms with E-state index in [1.807, 2.05) is 0 Å². The molecule has 0 saturated heterocycles. The number of carbonyl (C=O) groups excluding carboxylic acids is 3. The lowest BCUT2D eigenvalue weighted by Gasteiger charge is -2.38. The van der Waals surface area contributed by atoms with Gasteiger partial charge in [-0.25, -0.2) is 0 Å². The lowest BCUT2D eigenvalue weighted by Crippen LogP contribution is -2.46. The number of hydrogen-bond acceptors (Lipinski definition) is 14. The molecular formula is C38H49N3O12. The Morgan fingerprint density at radius 1 is 0.981 bits per heavy atom. The number of ether oxygens (including phenoxy) is 4. The molecule has 3 aliphatic rings. The van der Waals surface area contributed by atoms with Crippen molar-refractivity contribution in [2.75, 3.05) is 12.4 Å². The van der Waals surface area contributed by atoms with Gasteiger partial charge < -0.3 is 55.6 Å². The van der Waals surface area contributed by atoms with Crippen LogP contribution < -0.4 is 15.9 Å². The molecule has 2 aromatic rings. The number of nitrogens with one attached hydrogen (secondary N) is 1. The number of methoxy groups -OCH3 is 1. The second kappa shape index (κ2) is 15.9. The first-order valence-electron chi connectivity index (χ1n) is 17.1. The van der Waals surface area contributed by atoms with E-state index in [1.165, 1.54) is 53.2 Å². The number of nitrogens with two attached hydrogens (primary N) is 1. The molecule has 8 N–H and O–H groups in total. The molecule has 9 atom stereocenters. The fraction of sp³-hybridized carbons (Fsp3) is 0.474. The summed E-state index contributed by atoms with van der Waals surface area (Å²) in [4.78, 5) is 39.8. The number of fused-ring (bicyclic) bond motifs is 14. The summed E-state index contributed by atoms with van der Waals surface area (Å²) in [6.45, 7) is 12.3. The SMILES string of the molecule is COC1/C=C\OC2(C)Oc3c(C)c(O)c4c(O)c(c(/C=N\N)c(O)c4c3C2=O)NC(=O)/C(C)=C\C=C/C(C)C(O)C(C)C(O)C(C)C(OC(C)=O)C1C. The monoisotopic (exact) mass is 739 g/mol. The average Bonchev–Trinajstić information content (AvgIpc) is 3.38. The maximum Gasteiger partial charge on any atom is 0.312 e. The quantitative estimate of drug-likeness (QED) is 0.0588. The van der Waals surface area contributed by atoms with Crippen molar-refractivity contribution in [3.05, 3.63) is 52.8 Å². The van der Waals surface area contributed by atoms with E-state index in [4.69, 9.17) is 24.8 Å². The number of rotatable bonds is 3. The van der Waals surface area contributed by atoms with Gasteiger partial charge in [0.2, 0.25) is 0 Å². The molecular weight excluding hydrogens is 690 g/mol. The average molecular weight is 740 g/mol. The van der Waals surface area contributed by atoms with E-state index in [-0.39, 0.29) is 44.5 Å². The van der Waals surface area contributed by atoms with Crippen molar-refractivity contribution in [1.82, 2.24) is 0 Å². The standard InChI is InChI=1S/C38H49N3O12/c1-16-11-10-12-17(2)37(49)41-28-23(15-40-39)32(46)25-26(33(28)47)31(45)21(6)35-27(25)36(48)38(8,53-35)51-14-13-24(50-9)18(3)34(52-22(7)42)20(5)30(44)19(4)29(16)43/h10-16,18-20,24,29-30,34,43-47H,39H2,1-9H3,(H,41,49)/b11-10-,14-13-,17-12-,40-15-. The van der Waals surface area contributed by atoms with E-state index >= 15 is 0 Å². The van der Waals surface area contributed by atoms with Crippen LogP contribution >= 0.6 is 0 Å². The molecule has 3 heterocycles. The van der Waals surface area contributed by atoms with Gasteiger partial charge in [-0.05, 0) is 19.9 Å². The van der Waals surface area contributed by atoms with Gasteiger partial charge >= 0.3 is 11.8 Å². The number of aliphatic hydroxyl groups excluding tert-OH is 2. The van der Waals surface area contributed by atoms with Crippen LogP contribution in [0.25, 0.3) is 10.8 Å². The number of hydrogen-bond donors (Lipinski definition) is 7. The highest BCUT2D eigenvalue weighted by Gasteiger charge is 2.50. The molecule has 0 radical (unpaired) electrons. The minimum atomic E-state index is -2.05. The van der Waals surface area contributed by atoms with Crippen LogP contribution in [0, 0.1) is 30.6 Å². The minimum Gasteiger partial charge on any atom is -0.507 e. The van der Waals surface area contributed by atoms with Gasteiger partial charge in [-0.3, -0.25) is 14.4 Å². The predicted octanol–water partition coefficient (Wildman–Crippen LogP) is 4.05. The van der Waals surface area contributed by atoms with Crippen LogP contribution in [-0.4, -0.2) is 86.7 Å². The number of phenolic OH excluding ortho intramolecular Hbond substituents is 3. The Kier molecular flexibility index (Phi) is 12.2. The zero-order valence-electron chi connectivity index (χ0n) is 31.2. The number of nitrogens with zero attached hydrogens (tertiary/aromatic N) is 1. The zero-order chi connectivity index (χ0) is 39.7. The third kappa shape index (κ3) is 7.54. The van der Waals surface area contributed by atoms with Crippen LogP contribution in [-0.2, 0) is 23.8 Å². The topological polar surface area (TPSA) is 240 Å². The Morgan fingerprint density at radius 2 is 1.64 bits per heavy atom. The number of anilines is 1. The van der Waals surface area contributed by atoms with Crippen molar-refractivity contribution in [1.29, 1.82) is 0 Å². The summed E-state index contributed by atoms with van der Waals surface area (Å²) < 4.78 is 23.3. The van der Waals surface area contributed by atoms with Crippen molar-refractivity contribution in [3.8, 4) is 23.0 Å². The molecule has 288 valence electrons. The van der Waals surface area contributed by atoms with Crippen LogP contribution in [0.4, 0.5) is 5.69 Å². The van der Waals surface area contributed by atoms with Gasteiger partial charge in [-0.1, -0.05) is 45.9 Å². The maximum absolute atomic E-state index is 14.1. The third-order valence-electron chi connectivity index (χ3n) is 10.2. The molecule has 0 aliphatic carbocycles. The summed E-state index contributed by atoms with van der Waals surface area (Å²) in [6.07, 6.45) is 4.36. The van der Waals surface area contributed by atoms with E-state index in [2.05, 4.69) is 10.4 Å². The first-order valence-corrected chi connectivity index (χ1v) is 17.1. The molecule has 0 aromatic heterocycles. The zero-order valence-corrected chi connectivity index (χ0v) is 31.2. The van der Waals surface area contributed by atoms with E-state index in [1.54, 1.807) is 39.8 Å². The Bertz CT molecular complexity index is 1900. The molecule has 1 amide bonds. The van der Waals surface area contributed by atoms with Gasteiger partial charge in [0, 0.05) is 61.2 Å². The van der Waals surface area contributed by atoms with Gasteiger partial charge in [0.15, 0.2) is 5.75 Å². The largest absolute Gasteiger partial charge is 0.507 e. The van der Waals surface area contributed by atoms with Crippen LogP contribution in [0.1, 0.15) is 70.0 Å². The molecule has 5 bridgehead atoms. The number of benzene rings is 2. The van der Waals surface area contributed by atoms with E-state index in [0.29, 0.717) is 0 Å². The number of aliphatic hydroxyl groups is 2. The Hall–Kier alpha value is -5.12. The molecule has 0 spiro atoms. The number of allylic oxidation sites excluding steroid dienone is 2. The molecule has 0 saturated carbocycles. The highest BCUT2D eigenvalue weighted by molar-refractivity contribution is 6.23. The van der Waals surface area contributed by atoms with Crippen molar-refractivity contribution in [3.63, 3.8) is 0 Å². The lowest BCUT2D eigenvalue weighted by atomic mass is 9.78. The fourth-order valence-corrected chi connectivity index (χ4v) is 6.95. The van der Waals surface area contributed by atoms with E-state index in [9.17, 15) is 39.9 Å². The number of esters is 1. The second-order valence-corrected chi connectivity index (χ2v) is 13.9. The Morgan fingerprint density at radius 3 is 2.25 bits per heavy atom. The maximum atomic E-state index is 14.1. The summed E-state index contributed by atoms with van der Waals surface area (Å²) in [5.74, 6) is -3.22. The second-order valence-electron chi connectivity index (χ2n) is 13.9. The van der Waals surface area contributed by atoms with Crippen molar-refractivity contribution < 1.29 is 58.9 Å². The van der Waals surface area contributed by atoms with Gasteiger partial charge in [-0.2, -0.15) is 5.10 Å². The molecule has 3 aliphatic heterocycles. The van der Waals surface area contributed by atoms with E-state index in [0.717, 1.165) is 6.21 Å². The number of hydrazone groups is 1. The van der Waals surface area contributed by atoms with Gasteiger partial charge in [0.05, 0.1) is 53.0 Å². The van der Waals surface area contributed by atoms with Crippen LogP contribution in [0.3, 0.4) is 0 Å². The lowest BCUT2D eigenvalue weighted by molar-refractivity contribution is -0.160. The molecule has 9 unspecified atom stereocenters. The predicted molar refractivity (Wildman–Crippen MR) is 196 cm³/mol. The number of carbonyl (C=O) groups is 3. The van der Waals surface area contributed by atoms with Crippen molar-refractivity contribution in [2.24, 2.45) is 34.6 Å². The van der Waals surface area contributed by atoms with Gasteiger partial charge in [0.25, 0.3) is 11.7 Å². The van der Waals surface area contributed by atoms with Crippen LogP contribution in [0.5, 0.6) is 23.0 Å². The number of ketones is 1.